The standard InChI is InChI=1S/C13H10N4S/c14-8-10-7-9-3-1-4-11(9)17-12(10)18-13-15-5-2-6-16-13/h2,5-7H,1,3-4H2. The summed E-state index contributed by atoms with van der Waals surface area (Å²) in [6.07, 6.45) is 6.54. The predicted molar refractivity (Wildman–Crippen MR) is 67.1 cm³/mol. The molecule has 0 aliphatic heterocycles. The molecule has 0 saturated heterocycles. The van der Waals surface area contributed by atoms with E-state index < -0.39 is 0 Å². The van der Waals surface area contributed by atoms with Crippen molar-refractivity contribution in [3.05, 3.63) is 41.3 Å². The van der Waals surface area contributed by atoms with E-state index >= 15 is 0 Å². The number of rotatable bonds is 2. The Morgan fingerprint density at radius 2 is 2.06 bits per heavy atom. The minimum absolute atomic E-state index is 0.619. The SMILES string of the molecule is N#Cc1cc2c(nc1Sc1ncccn1)CCC2. The van der Waals surface area contributed by atoms with E-state index in [0.717, 1.165) is 25.0 Å². The van der Waals surface area contributed by atoms with Crippen LogP contribution in [-0.2, 0) is 12.8 Å². The molecule has 88 valence electrons. The van der Waals surface area contributed by atoms with E-state index in [1.165, 1.54) is 17.3 Å². The average molecular weight is 254 g/mol. The van der Waals surface area contributed by atoms with Crippen LogP contribution in [0, 0.1) is 11.3 Å². The lowest BCUT2D eigenvalue weighted by atomic mass is 10.2. The number of pyridine rings is 1. The van der Waals surface area contributed by atoms with Crippen molar-refractivity contribution in [1.29, 1.82) is 5.26 Å². The van der Waals surface area contributed by atoms with Gasteiger partial charge in [0.25, 0.3) is 0 Å². The molecule has 2 aromatic heterocycles. The quantitative estimate of drug-likeness (QED) is 0.770. The highest BCUT2D eigenvalue weighted by Gasteiger charge is 2.17. The third-order valence-electron chi connectivity index (χ3n) is 2.87. The Morgan fingerprint density at radius 3 is 2.83 bits per heavy atom. The Labute approximate surface area is 109 Å². The molecule has 0 N–H and O–H groups in total. The number of nitriles is 1. The molecule has 0 saturated carbocycles. The van der Waals surface area contributed by atoms with Crippen molar-refractivity contribution < 1.29 is 0 Å². The van der Waals surface area contributed by atoms with Gasteiger partial charge >= 0.3 is 0 Å². The van der Waals surface area contributed by atoms with Crippen LogP contribution in [0.25, 0.3) is 0 Å². The average Bonchev–Trinajstić information content (AvgIpc) is 2.86. The lowest BCUT2D eigenvalue weighted by molar-refractivity contribution is 0.889. The first-order chi connectivity index (χ1) is 8.86. The van der Waals surface area contributed by atoms with Gasteiger partial charge in [0.05, 0.1) is 5.56 Å². The molecule has 3 rings (SSSR count). The summed E-state index contributed by atoms with van der Waals surface area (Å²) in [6.45, 7) is 0. The van der Waals surface area contributed by atoms with Crippen LogP contribution in [0.2, 0.25) is 0 Å². The van der Waals surface area contributed by atoms with E-state index in [1.54, 1.807) is 18.5 Å². The van der Waals surface area contributed by atoms with Crippen LogP contribution in [0.5, 0.6) is 0 Å². The van der Waals surface area contributed by atoms with Gasteiger partial charge in [-0.25, -0.2) is 15.0 Å². The van der Waals surface area contributed by atoms with Gasteiger partial charge < -0.3 is 0 Å². The zero-order valence-electron chi connectivity index (χ0n) is 9.63. The maximum absolute atomic E-state index is 9.18. The summed E-state index contributed by atoms with van der Waals surface area (Å²) in [4.78, 5) is 12.9. The van der Waals surface area contributed by atoms with Crippen LogP contribution in [0.1, 0.15) is 23.2 Å². The maximum Gasteiger partial charge on any atom is 0.193 e. The fourth-order valence-electron chi connectivity index (χ4n) is 2.04. The number of nitrogens with zero attached hydrogens (tertiary/aromatic N) is 4. The zero-order chi connectivity index (χ0) is 12.4. The highest BCUT2D eigenvalue weighted by molar-refractivity contribution is 7.99. The summed E-state index contributed by atoms with van der Waals surface area (Å²) in [5.41, 5.74) is 2.95. The molecule has 4 nitrogen and oxygen atoms in total. The van der Waals surface area contributed by atoms with Crippen molar-refractivity contribution in [1.82, 2.24) is 15.0 Å². The molecule has 0 bridgehead atoms. The second-order valence-electron chi connectivity index (χ2n) is 4.05. The summed E-state index contributed by atoms with van der Waals surface area (Å²) >= 11 is 1.35. The van der Waals surface area contributed by atoms with Crippen molar-refractivity contribution in [3.8, 4) is 6.07 Å². The lowest BCUT2D eigenvalue weighted by Gasteiger charge is -2.05. The minimum Gasteiger partial charge on any atom is -0.244 e. The van der Waals surface area contributed by atoms with Gasteiger partial charge in [-0.3, -0.25) is 0 Å². The summed E-state index contributed by atoms with van der Waals surface area (Å²) in [6, 6.07) is 5.93. The van der Waals surface area contributed by atoms with Gasteiger partial charge in [0.15, 0.2) is 5.16 Å². The Kier molecular flexibility index (Phi) is 2.95. The third-order valence-corrected chi connectivity index (χ3v) is 3.76. The molecule has 0 radical (unpaired) electrons. The van der Waals surface area contributed by atoms with E-state index in [0.29, 0.717) is 15.7 Å². The molecular weight excluding hydrogens is 244 g/mol. The predicted octanol–water partition coefficient (Wildman–Crippen LogP) is 2.38. The number of hydrogen-bond acceptors (Lipinski definition) is 5. The number of fused-ring (bicyclic) bond motifs is 1. The van der Waals surface area contributed by atoms with Crippen molar-refractivity contribution in [3.63, 3.8) is 0 Å². The van der Waals surface area contributed by atoms with E-state index in [9.17, 15) is 5.26 Å². The van der Waals surface area contributed by atoms with Gasteiger partial charge in [-0.05, 0) is 48.7 Å². The highest BCUT2D eigenvalue weighted by Crippen LogP contribution is 2.30. The number of aryl methyl sites for hydroxylation is 2. The van der Waals surface area contributed by atoms with Gasteiger partial charge in [0.1, 0.15) is 11.1 Å². The summed E-state index contributed by atoms with van der Waals surface area (Å²) < 4.78 is 0. The molecule has 0 spiro atoms. The van der Waals surface area contributed by atoms with E-state index in [1.807, 2.05) is 6.07 Å². The molecular formula is C13H10N4S. The van der Waals surface area contributed by atoms with Gasteiger partial charge in [-0.2, -0.15) is 5.26 Å². The highest BCUT2D eigenvalue weighted by atomic mass is 32.2. The Bertz CT molecular complexity index is 619. The molecule has 5 heteroatoms. The molecule has 0 aromatic carbocycles. The lowest BCUT2D eigenvalue weighted by Crippen LogP contribution is -1.95. The monoisotopic (exact) mass is 254 g/mol. The van der Waals surface area contributed by atoms with Crippen molar-refractivity contribution >= 4 is 11.8 Å². The molecule has 0 fully saturated rings. The first-order valence-electron chi connectivity index (χ1n) is 5.74. The van der Waals surface area contributed by atoms with Gasteiger partial charge in [-0.15, -0.1) is 0 Å². The van der Waals surface area contributed by atoms with Crippen molar-refractivity contribution in [2.75, 3.05) is 0 Å². The van der Waals surface area contributed by atoms with Crippen LogP contribution >= 0.6 is 11.8 Å². The molecule has 0 unspecified atom stereocenters. The molecule has 0 atom stereocenters. The van der Waals surface area contributed by atoms with Crippen LogP contribution in [0.3, 0.4) is 0 Å². The molecule has 2 aromatic rings. The first-order valence-corrected chi connectivity index (χ1v) is 6.56. The molecule has 2 heterocycles. The van der Waals surface area contributed by atoms with Crippen LogP contribution in [-0.4, -0.2) is 15.0 Å². The Morgan fingerprint density at radius 1 is 1.22 bits per heavy atom. The second kappa shape index (κ2) is 4.75. The normalized spacial score (nSPS) is 13.1. The molecule has 1 aliphatic carbocycles. The van der Waals surface area contributed by atoms with Crippen LogP contribution in [0.15, 0.2) is 34.7 Å². The van der Waals surface area contributed by atoms with E-state index in [4.69, 9.17) is 0 Å². The second-order valence-corrected chi connectivity index (χ2v) is 5.00. The van der Waals surface area contributed by atoms with Crippen LogP contribution in [0.4, 0.5) is 0 Å². The third kappa shape index (κ3) is 2.07. The number of hydrogen-bond donors (Lipinski definition) is 0. The first kappa shape index (κ1) is 11.2. The Hall–Kier alpha value is -1.93. The van der Waals surface area contributed by atoms with E-state index in [-0.39, 0.29) is 0 Å². The molecule has 0 amide bonds. The summed E-state index contributed by atoms with van der Waals surface area (Å²) in [5.74, 6) is 0. The smallest absolute Gasteiger partial charge is 0.193 e. The summed E-state index contributed by atoms with van der Waals surface area (Å²) in [5, 5.41) is 10.5. The fourth-order valence-corrected chi connectivity index (χ4v) is 2.81. The van der Waals surface area contributed by atoms with E-state index in [2.05, 4.69) is 21.0 Å². The van der Waals surface area contributed by atoms with Crippen LogP contribution < -0.4 is 0 Å². The topological polar surface area (TPSA) is 62.5 Å². The molecule has 18 heavy (non-hydrogen) atoms. The van der Waals surface area contributed by atoms with Gasteiger partial charge in [0, 0.05) is 18.1 Å². The molecule has 1 aliphatic rings. The van der Waals surface area contributed by atoms with Crippen molar-refractivity contribution in [2.45, 2.75) is 29.4 Å². The fraction of sp³-hybridized carbons (Fsp3) is 0.231. The van der Waals surface area contributed by atoms with Gasteiger partial charge in [0.2, 0.25) is 0 Å². The largest absolute Gasteiger partial charge is 0.244 e. The summed E-state index contributed by atoms with van der Waals surface area (Å²) in [7, 11) is 0. The zero-order valence-corrected chi connectivity index (χ0v) is 10.4. The minimum atomic E-state index is 0.619. The van der Waals surface area contributed by atoms with Crippen molar-refractivity contribution in [2.24, 2.45) is 0 Å². The Balaban J connectivity index is 1.99. The maximum atomic E-state index is 9.18. The van der Waals surface area contributed by atoms with Gasteiger partial charge in [-0.1, -0.05) is 0 Å². The number of aromatic nitrogens is 3.